The molecule has 2 aromatic rings. The first-order valence-corrected chi connectivity index (χ1v) is 6.82. The molecule has 4 nitrogen and oxygen atoms in total. The largest absolute Gasteiger partial charge is 0.478 e. The molecular formula is C16H21NO3. The molecule has 0 radical (unpaired) electrons. The Balaban J connectivity index is 2.61. The maximum Gasteiger partial charge on any atom is 0.337 e. The van der Waals surface area contributed by atoms with Crippen molar-refractivity contribution in [2.24, 2.45) is 0 Å². The zero-order valence-electron chi connectivity index (χ0n) is 12.2. The predicted molar refractivity (Wildman–Crippen MR) is 79.3 cm³/mol. The quantitative estimate of drug-likeness (QED) is 0.901. The zero-order valence-corrected chi connectivity index (χ0v) is 12.2. The minimum absolute atomic E-state index is 0.0167. The van der Waals surface area contributed by atoms with Crippen LogP contribution in [0, 0.1) is 0 Å². The Morgan fingerprint density at radius 2 is 2.00 bits per heavy atom. The van der Waals surface area contributed by atoms with Gasteiger partial charge in [0.25, 0.3) is 0 Å². The Hall–Kier alpha value is -1.81. The van der Waals surface area contributed by atoms with Gasteiger partial charge >= 0.3 is 5.97 Å². The second-order valence-corrected chi connectivity index (χ2v) is 6.10. The molecule has 0 aliphatic carbocycles. The number of aryl methyl sites for hydroxylation is 1. The number of carbonyl (C=O) groups is 1. The highest BCUT2D eigenvalue weighted by atomic mass is 16.4. The lowest BCUT2D eigenvalue weighted by Crippen LogP contribution is -2.10. The fourth-order valence-electron chi connectivity index (χ4n) is 2.36. The van der Waals surface area contributed by atoms with Crippen LogP contribution in [0.3, 0.4) is 0 Å². The van der Waals surface area contributed by atoms with Crippen molar-refractivity contribution >= 4 is 16.9 Å². The smallest absolute Gasteiger partial charge is 0.337 e. The number of hydrogen-bond acceptors (Lipinski definition) is 2. The topological polar surface area (TPSA) is 62.5 Å². The fourth-order valence-corrected chi connectivity index (χ4v) is 2.36. The second-order valence-electron chi connectivity index (χ2n) is 6.10. The highest BCUT2D eigenvalue weighted by Gasteiger charge is 2.18. The Morgan fingerprint density at radius 3 is 2.55 bits per heavy atom. The van der Waals surface area contributed by atoms with E-state index >= 15 is 0 Å². The second kappa shape index (κ2) is 5.29. The van der Waals surface area contributed by atoms with Crippen LogP contribution in [-0.2, 0) is 12.0 Å². The third-order valence-corrected chi connectivity index (χ3v) is 3.53. The molecule has 0 bridgehead atoms. The lowest BCUT2D eigenvalue weighted by Gasteiger charge is -2.19. The molecule has 0 fully saturated rings. The van der Waals surface area contributed by atoms with Gasteiger partial charge in [0.1, 0.15) is 0 Å². The highest BCUT2D eigenvalue weighted by molar-refractivity contribution is 6.03. The van der Waals surface area contributed by atoms with Gasteiger partial charge in [-0.1, -0.05) is 26.8 Å². The maximum absolute atomic E-state index is 11.4. The molecule has 4 heteroatoms. The normalized spacial score (nSPS) is 12.0. The van der Waals surface area contributed by atoms with E-state index in [1.165, 1.54) is 0 Å². The Bertz CT molecular complexity index is 635. The molecular weight excluding hydrogens is 254 g/mol. The Labute approximate surface area is 118 Å². The summed E-state index contributed by atoms with van der Waals surface area (Å²) >= 11 is 0. The summed E-state index contributed by atoms with van der Waals surface area (Å²) in [6, 6.07) is 5.98. The van der Waals surface area contributed by atoms with Gasteiger partial charge in [-0.3, -0.25) is 0 Å². The van der Waals surface area contributed by atoms with E-state index in [1.54, 1.807) is 6.20 Å². The first-order valence-electron chi connectivity index (χ1n) is 6.82. The van der Waals surface area contributed by atoms with Gasteiger partial charge < -0.3 is 14.8 Å². The maximum atomic E-state index is 11.4. The predicted octanol–water partition coefficient (Wildman–Crippen LogP) is 3.02. The number of rotatable bonds is 4. The average molecular weight is 275 g/mol. The van der Waals surface area contributed by atoms with Gasteiger partial charge in [-0.05, 0) is 29.5 Å². The van der Waals surface area contributed by atoms with Crippen LogP contribution in [0.4, 0.5) is 0 Å². The molecule has 0 spiro atoms. The van der Waals surface area contributed by atoms with Crippen molar-refractivity contribution < 1.29 is 15.0 Å². The van der Waals surface area contributed by atoms with Crippen LogP contribution in [0.5, 0.6) is 0 Å². The van der Waals surface area contributed by atoms with Crippen molar-refractivity contribution in [3.8, 4) is 0 Å². The number of carboxylic acids is 1. The molecule has 2 N–H and O–H groups in total. The van der Waals surface area contributed by atoms with Gasteiger partial charge in [0.2, 0.25) is 0 Å². The van der Waals surface area contributed by atoms with E-state index in [1.807, 2.05) is 22.8 Å². The van der Waals surface area contributed by atoms with Gasteiger partial charge in [0.05, 0.1) is 5.56 Å². The van der Waals surface area contributed by atoms with Gasteiger partial charge in [0.15, 0.2) is 0 Å². The van der Waals surface area contributed by atoms with E-state index in [2.05, 4.69) is 20.8 Å². The van der Waals surface area contributed by atoms with Gasteiger partial charge in [-0.15, -0.1) is 0 Å². The van der Waals surface area contributed by atoms with Crippen LogP contribution >= 0.6 is 0 Å². The minimum Gasteiger partial charge on any atom is -0.478 e. The van der Waals surface area contributed by atoms with Crippen molar-refractivity contribution in [1.82, 2.24) is 4.57 Å². The number of aromatic nitrogens is 1. The van der Waals surface area contributed by atoms with Crippen molar-refractivity contribution in [3.05, 3.63) is 35.5 Å². The van der Waals surface area contributed by atoms with E-state index in [9.17, 15) is 9.90 Å². The molecule has 0 aliphatic heterocycles. The van der Waals surface area contributed by atoms with Crippen molar-refractivity contribution in [2.45, 2.75) is 39.2 Å². The molecule has 2 rings (SSSR count). The summed E-state index contributed by atoms with van der Waals surface area (Å²) in [7, 11) is 0. The molecule has 0 amide bonds. The molecule has 0 saturated heterocycles. The zero-order chi connectivity index (χ0) is 14.9. The summed E-state index contributed by atoms with van der Waals surface area (Å²) in [5.41, 5.74) is 2.33. The molecule has 1 aromatic heterocycles. The number of benzene rings is 1. The highest BCUT2D eigenvalue weighted by Crippen LogP contribution is 2.29. The van der Waals surface area contributed by atoms with Crippen LogP contribution in [-0.4, -0.2) is 27.4 Å². The van der Waals surface area contributed by atoms with Crippen molar-refractivity contribution in [2.75, 3.05) is 6.61 Å². The van der Waals surface area contributed by atoms with E-state index in [0.29, 0.717) is 18.5 Å². The molecule has 108 valence electrons. The van der Waals surface area contributed by atoms with Crippen molar-refractivity contribution in [3.63, 3.8) is 0 Å². The number of carboxylic acid groups (broad SMARTS) is 1. The number of fused-ring (bicyclic) bond motifs is 1. The summed E-state index contributed by atoms with van der Waals surface area (Å²) in [4.78, 5) is 11.4. The molecule has 0 atom stereocenters. The van der Waals surface area contributed by atoms with Gasteiger partial charge in [-0.25, -0.2) is 4.79 Å². The number of hydrogen-bond donors (Lipinski definition) is 2. The van der Waals surface area contributed by atoms with E-state index in [4.69, 9.17) is 5.11 Å². The standard InChI is InChI=1S/C16H21NO3/c1-16(2,3)11-5-6-14-12(9-11)13(15(19)20)10-17(14)7-4-8-18/h5-6,9-10,18H,4,7-8H2,1-3H3,(H,19,20). The van der Waals surface area contributed by atoms with E-state index in [0.717, 1.165) is 16.5 Å². The first-order chi connectivity index (χ1) is 9.34. The average Bonchev–Trinajstić information content (AvgIpc) is 2.73. The summed E-state index contributed by atoms with van der Waals surface area (Å²) in [5, 5.41) is 19.1. The van der Waals surface area contributed by atoms with Gasteiger partial charge in [0, 0.05) is 30.3 Å². The van der Waals surface area contributed by atoms with Crippen LogP contribution in [0.2, 0.25) is 0 Å². The first kappa shape index (κ1) is 14.6. The molecule has 0 aliphatic rings. The molecule has 1 heterocycles. The monoisotopic (exact) mass is 275 g/mol. The number of nitrogens with zero attached hydrogens (tertiary/aromatic N) is 1. The van der Waals surface area contributed by atoms with Crippen molar-refractivity contribution in [1.29, 1.82) is 0 Å². The number of aliphatic hydroxyl groups excluding tert-OH is 1. The Morgan fingerprint density at radius 1 is 1.30 bits per heavy atom. The SMILES string of the molecule is CC(C)(C)c1ccc2c(c1)c(C(=O)O)cn2CCCO. The Kier molecular flexibility index (Phi) is 3.86. The molecule has 0 unspecified atom stereocenters. The third-order valence-electron chi connectivity index (χ3n) is 3.53. The minimum atomic E-state index is -0.913. The summed E-state index contributed by atoms with van der Waals surface area (Å²) in [6.07, 6.45) is 2.28. The lowest BCUT2D eigenvalue weighted by molar-refractivity contribution is 0.0698. The summed E-state index contributed by atoms with van der Waals surface area (Å²) < 4.78 is 1.90. The van der Waals surface area contributed by atoms with Gasteiger partial charge in [-0.2, -0.15) is 0 Å². The van der Waals surface area contributed by atoms with Crippen LogP contribution in [0.1, 0.15) is 43.1 Å². The van der Waals surface area contributed by atoms with Crippen LogP contribution in [0.15, 0.2) is 24.4 Å². The van der Waals surface area contributed by atoms with Crippen LogP contribution in [0.25, 0.3) is 10.9 Å². The molecule has 0 saturated carbocycles. The molecule has 1 aromatic carbocycles. The van der Waals surface area contributed by atoms with Crippen LogP contribution < -0.4 is 0 Å². The number of aliphatic hydroxyl groups is 1. The number of aromatic carboxylic acids is 1. The van der Waals surface area contributed by atoms with E-state index in [-0.39, 0.29) is 12.0 Å². The summed E-state index contributed by atoms with van der Waals surface area (Å²) in [6.45, 7) is 7.05. The molecule has 20 heavy (non-hydrogen) atoms. The van der Waals surface area contributed by atoms with E-state index < -0.39 is 5.97 Å². The summed E-state index contributed by atoms with van der Waals surface area (Å²) in [5.74, 6) is -0.913. The lowest BCUT2D eigenvalue weighted by atomic mass is 9.86. The third kappa shape index (κ3) is 2.70. The fraction of sp³-hybridized carbons (Fsp3) is 0.438.